The topological polar surface area (TPSA) is 46.6 Å². The Morgan fingerprint density at radius 1 is 1.00 bits per heavy atom. The third-order valence-corrected chi connectivity index (χ3v) is 5.43. The summed E-state index contributed by atoms with van der Waals surface area (Å²) in [6.07, 6.45) is 0. The number of benzene rings is 2. The van der Waals surface area contributed by atoms with Crippen LogP contribution in [-0.4, -0.2) is 30.4 Å². The first kappa shape index (κ1) is 19.5. The summed E-state index contributed by atoms with van der Waals surface area (Å²) in [6.45, 7) is 4.36. The predicted octanol–water partition coefficient (Wildman–Crippen LogP) is 4.88. The number of thioether (sulfide) groups is 1. The van der Waals surface area contributed by atoms with Crippen molar-refractivity contribution in [3.63, 3.8) is 0 Å². The van der Waals surface area contributed by atoms with Crippen molar-refractivity contribution in [2.75, 3.05) is 13.7 Å². The summed E-state index contributed by atoms with van der Waals surface area (Å²) in [5.41, 5.74) is 1.14. The lowest BCUT2D eigenvalue weighted by atomic mass is 10.1. The molecule has 0 aromatic heterocycles. The van der Waals surface area contributed by atoms with E-state index in [0.717, 1.165) is 4.90 Å². The molecule has 0 unspecified atom stereocenters. The molecule has 0 saturated heterocycles. The number of nitrogens with zero attached hydrogens (tertiary/aromatic N) is 1. The zero-order valence-electron chi connectivity index (χ0n) is 15.4. The summed E-state index contributed by atoms with van der Waals surface area (Å²) in [6, 6.07) is 14.4. The molecule has 0 bridgehead atoms. The minimum Gasteiger partial charge on any atom is -0.497 e. The van der Waals surface area contributed by atoms with Gasteiger partial charge in [0.2, 0.25) is 0 Å². The second kappa shape index (κ2) is 8.19. The average molecular weight is 402 g/mol. The van der Waals surface area contributed by atoms with Crippen molar-refractivity contribution in [1.82, 2.24) is 4.90 Å². The molecule has 0 atom stereocenters. The molecule has 2 amide bonds. The van der Waals surface area contributed by atoms with Crippen LogP contribution >= 0.6 is 23.4 Å². The van der Waals surface area contributed by atoms with Crippen molar-refractivity contribution in [1.29, 1.82) is 0 Å². The Morgan fingerprint density at radius 2 is 1.63 bits per heavy atom. The molecule has 6 heteroatoms. The third-order valence-electron chi connectivity index (χ3n) is 4.09. The van der Waals surface area contributed by atoms with Gasteiger partial charge in [0.15, 0.2) is 0 Å². The fraction of sp³-hybridized carbons (Fsp3) is 0.238. The van der Waals surface area contributed by atoms with E-state index in [9.17, 15) is 9.59 Å². The van der Waals surface area contributed by atoms with E-state index < -0.39 is 0 Å². The van der Waals surface area contributed by atoms with Gasteiger partial charge in [-0.25, -0.2) is 0 Å². The van der Waals surface area contributed by atoms with Gasteiger partial charge in [-0.05, 0) is 47.9 Å². The number of rotatable bonds is 6. The number of hydrogen-bond donors (Lipinski definition) is 0. The minimum absolute atomic E-state index is 0.190. The van der Waals surface area contributed by atoms with Crippen molar-refractivity contribution in [2.45, 2.75) is 18.7 Å². The number of halogens is 1. The summed E-state index contributed by atoms with van der Waals surface area (Å²) in [5, 5.41) is 0.624. The quantitative estimate of drug-likeness (QED) is 0.647. The van der Waals surface area contributed by atoms with Gasteiger partial charge in [0.25, 0.3) is 11.8 Å². The highest BCUT2D eigenvalue weighted by Crippen LogP contribution is 2.40. The van der Waals surface area contributed by atoms with Gasteiger partial charge in [0, 0.05) is 16.5 Å². The summed E-state index contributed by atoms with van der Waals surface area (Å²) >= 11 is 7.24. The van der Waals surface area contributed by atoms with Gasteiger partial charge in [-0.2, -0.15) is 0 Å². The number of carbonyl (C=O) groups excluding carboxylic acids is 2. The molecule has 0 fully saturated rings. The van der Waals surface area contributed by atoms with Gasteiger partial charge in [-0.15, -0.1) is 0 Å². The van der Waals surface area contributed by atoms with E-state index in [0.29, 0.717) is 33.4 Å². The number of hydrogen-bond acceptors (Lipinski definition) is 4. The first-order chi connectivity index (χ1) is 12.9. The molecular formula is C21H20ClNO3S. The SMILES string of the molecule is COc1ccc(C2=C(Sc3ccc(Cl)cc3)C(=O)N(CC(C)C)C2=O)cc1. The molecule has 0 N–H and O–H groups in total. The molecule has 0 spiro atoms. The second-order valence-corrected chi connectivity index (χ2v) is 8.12. The van der Waals surface area contributed by atoms with Gasteiger partial charge in [0.05, 0.1) is 17.6 Å². The molecule has 1 heterocycles. The lowest BCUT2D eigenvalue weighted by molar-refractivity contribution is -0.137. The van der Waals surface area contributed by atoms with E-state index in [1.54, 1.807) is 43.5 Å². The van der Waals surface area contributed by atoms with Crippen molar-refractivity contribution >= 4 is 40.8 Å². The summed E-state index contributed by atoms with van der Waals surface area (Å²) in [5.74, 6) is 0.381. The standard InChI is InChI=1S/C21H20ClNO3S/c1-13(2)12-23-20(24)18(14-4-8-16(26-3)9-5-14)19(21(23)25)27-17-10-6-15(22)7-11-17/h4-11,13H,12H2,1-3H3. The first-order valence-electron chi connectivity index (χ1n) is 8.59. The van der Waals surface area contributed by atoms with Crippen molar-refractivity contribution in [3.8, 4) is 5.75 Å². The van der Waals surface area contributed by atoms with Gasteiger partial charge in [-0.3, -0.25) is 14.5 Å². The number of amides is 2. The summed E-state index contributed by atoms with van der Waals surface area (Å²) in [4.78, 5) is 28.7. The molecule has 4 nitrogen and oxygen atoms in total. The van der Waals surface area contributed by atoms with Crippen LogP contribution in [0.2, 0.25) is 5.02 Å². The van der Waals surface area contributed by atoms with Crippen LogP contribution in [0.1, 0.15) is 19.4 Å². The smallest absolute Gasteiger partial charge is 0.268 e. The Hall–Kier alpha value is -2.24. The Labute approximate surface area is 168 Å². The van der Waals surface area contributed by atoms with Crippen LogP contribution in [0.4, 0.5) is 0 Å². The number of carbonyl (C=O) groups is 2. The second-order valence-electron chi connectivity index (χ2n) is 6.60. The van der Waals surface area contributed by atoms with Crippen molar-refractivity contribution in [2.24, 2.45) is 5.92 Å². The van der Waals surface area contributed by atoms with Gasteiger partial charge >= 0.3 is 0 Å². The van der Waals surface area contributed by atoms with E-state index in [-0.39, 0.29) is 17.7 Å². The minimum atomic E-state index is -0.254. The maximum absolute atomic E-state index is 13.0. The molecular weight excluding hydrogens is 382 g/mol. The Morgan fingerprint density at radius 3 is 2.19 bits per heavy atom. The van der Waals surface area contributed by atoms with Crippen LogP contribution < -0.4 is 4.74 Å². The molecule has 140 valence electrons. The first-order valence-corrected chi connectivity index (χ1v) is 9.78. The number of methoxy groups -OCH3 is 1. The number of ether oxygens (including phenoxy) is 1. The van der Waals surface area contributed by atoms with Crippen LogP contribution in [0.5, 0.6) is 5.75 Å². The Balaban J connectivity index is 2.04. The highest BCUT2D eigenvalue weighted by Gasteiger charge is 2.39. The lowest BCUT2D eigenvalue weighted by Crippen LogP contribution is -2.34. The Bertz CT molecular complexity index is 889. The van der Waals surface area contributed by atoms with Gasteiger partial charge in [0.1, 0.15) is 5.75 Å². The Kier molecular flexibility index (Phi) is 5.92. The molecule has 27 heavy (non-hydrogen) atoms. The highest BCUT2D eigenvalue weighted by atomic mass is 35.5. The molecule has 1 aliphatic rings. The van der Waals surface area contributed by atoms with E-state index in [2.05, 4.69) is 0 Å². The van der Waals surface area contributed by atoms with Crippen LogP contribution in [0.3, 0.4) is 0 Å². The zero-order valence-corrected chi connectivity index (χ0v) is 16.9. The molecule has 1 aliphatic heterocycles. The fourth-order valence-corrected chi connectivity index (χ4v) is 3.95. The van der Waals surface area contributed by atoms with E-state index in [4.69, 9.17) is 16.3 Å². The fourth-order valence-electron chi connectivity index (χ4n) is 2.81. The summed E-state index contributed by atoms with van der Waals surface area (Å²) in [7, 11) is 1.59. The van der Waals surface area contributed by atoms with E-state index in [1.807, 2.05) is 26.0 Å². The zero-order chi connectivity index (χ0) is 19.6. The lowest BCUT2D eigenvalue weighted by Gasteiger charge is -2.17. The van der Waals surface area contributed by atoms with E-state index in [1.165, 1.54) is 16.7 Å². The van der Waals surface area contributed by atoms with Crippen molar-refractivity contribution in [3.05, 3.63) is 64.0 Å². The maximum atomic E-state index is 13.0. The third kappa shape index (κ3) is 4.20. The van der Waals surface area contributed by atoms with Crippen LogP contribution in [0, 0.1) is 5.92 Å². The maximum Gasteiger partial charge on any atom is 0.268 e. The monoisotopic (exact) mass is 401 g/mol. The van der Waals surface area contributed by atoms with E-state index >= 15 is 0 Å². The predicted molar refractivity (Wildman–Crippen MR) is 109 cm³/mol. The molecule has 2 aromatic rings. The normalized spacial score (nSPS) is 14.5. The van der Waals surface area contributed by atoms with Gasteiger partial charge < -0.3 is 4.74 Å². The largest absolute Gasteiger partial charge is 0.497 e. The van der Waals surface area contributed by atoms with Gasteiger partial charge in [-0.1, -0.05) is 49.3 Å². The highest BCUT2D eigenvalue weighted by molar-refractivity contribution is 8.04. The summed E-state index contributed by atoms with van der Waals surface area (Å²) < 4.78 is 5.19. The molecule has 0 aliphatic carbocycles. The van der Waals surface area contributed by atoms with Crippen LogP contribution in [-0.2, 0) is 9.59 Å². The number of imide groups is 1. The molecule has 3 rings (SSSR count). The average Bonchev–Trinajstić information content (AvgIpc) is 2.88. The van der Waals surface area contributed by atoms with Crippen LogP contribution in [0.25, 0.3) is 5.57 Å². The van der Waals surface area contributed by atoms with Crippen LogP contribution in [0.15, 0.2) is 58.3 Å². The molecule has 0 radical (unpaired) electrons. The van der Waals surface area contributed by atoms with Crippen molar-refractivity contribution < 1.29 is 14.3 Å². The molecule has 0 saturated carbocycles. The molecule has 2 aromatic carbocycles.